The molecule has 9 rings (SSSR count). The summed E-state index contributed by atoms with van der Waals surface area (Å²) in [5.74, 6) is 2.93. The van der Waals surface area contributed by atoms with E-state index in [0.29, 0.717) is 0 Å². The molecule has 0 aliphatic carbocycles. The molecular formula is C44H32N2O2. The van der Waals surface area contributed by atoms with Crippen LogP contribution in [0.15, 0.2) is 164 Å². The molecular weight excluding hydrogens is 588 g/mol. The molecule has 1 N–H and O–H groups in total. The average Bonchev–Trinajstić information content (AvgIpc) is 3.51. The van der Waals surface area contributed by atoms with Crippen LogP contribution in [0.1, 0.15) is 16.7 Å². The van der Waals surface area contributed by atoms with Crippen molar-refractivity contribution in [2.24, 2.45) is 0 Å². The van der Waals surface area contributed by atoms with Crippen LogP contribution in [0, 0.1) is 0 Å². The van der Waals surface area contributed by atoms with Gasteiger partial charge < -0.3 is 19.4 Å². The molecule has 1 aliphatic heterocycles. The third-order valence-corrected chi connectivity index (χ3v) is 9.16. The number of benzene rings is 7. The molecule has 1 aromatic heterocycles. The molecule has 0 atom stereocenters. The van der Waals surface area contributed by atoms with Crippen molar-refractivity contribution in [3.8, 4) is 28.7 Å². The van der Waals surface area contributed by atoms with Crippen molar-refractivity contribution in [1.82, 2.24) is 9.88 Å². The molecule has 48 heavy (non-hydrogen) atoms. The standard InChI is InChI=1S/C44H32N2O2/c1-3-13-31(14-4-1)29-45-37(32-15-5-2-6-16-32)28-25-30-23-26-33(27-24-30)46-38-20-10-9-19-36(38)41-34-17-7-8-18-35(34)43-44(42(41)46)48-40-22-12-11-21-39(40)47-43/h1-24,26-28,45H,25,29H2/b37-28-. The zero-order chi connectivity index (χ0) is 31.9. The first-order chi connectivity index (χ1) is 23.8. The highest BCUT2D eigenvalue weighted by atomic mass is 16.6. The quantitative estimate of drug-likeness (QED) is 0.193. The van der Waals surface area contributed by atoms with Crippen LogP contribution in [0.3, 0.4) is 0 Å². The summed E-state index contributed by atoms with van der Waals surface area (Å²) in [5, 5.41) is 8.19. The first-order valence-corrected chi connectivity index (χ1v) is 16.4. The Hall–Kier alpha value is -6.26. The lowest BCUT2D eigenvalue weighted by Crippen LogP contribution is -2.12. The lowest BCUT2D eigenvalue weighted by molar-refractivity contribution is 0.366. The normalized spacial score (nSPS) is 12.4. The first-order valence-electron chi connectivity index (χ1n) is 16.4. The predicted molar refractivity (Wildman–Crippen MR) is 196 cm³/mol. The van der Waals surface area contributed by atoms with Crippen LogP contribution in [0.4, 0.5) is 0 Å². The molecule has 8 aromatic rings. The van der Waals surface area contributed by atoms with Gasteiger partial charge in [-0.15, -0.1) is 0 Å². The van der Waals surface area contributed by atoms with E-state index < -0.39 is 0 Å². The smallest absolute Gasteiger partial charge is 0.195 e. The molecule has 4 heteroatoms. The minimum atomic E-state index is 0.718. The van der Waals surface area contributed by atoms with Crippen LogP contribution in [-0.2, 0) is 13.0 Å². The van der Waals surface area contributed by atoms with Gasteiger partial charge in [0.15, 0.2) is 23.0 Å². The van der Waals surface area contributed by atoms with E-state index in [2.05, 4.69) is 149 Å². The van der Waals surface area contributed by atoms with Crippen molar-refractivity contribution >= 4 is 38.3 Å². The molecule has 1 aliphatic rings. The summed E-state index contributed by atoms with van der Waals surface area (Å²) in [6, 6.07) is 54.9. The highest BCUT2D eigenvalue weighted by molar-refractivity contribution is 6.25. The van der Waals surface area contributed by atoms with E-state index in [4.69, 9.17) is 9.47 Å². The van der Waals surface area contributed by atoms with E-state index in [1.165, 1.54) is 22.1 Å². The second-order valence-corrected chi connectivity index (χ2v) is 12.1. The number of hydrogen-bond acceptors (Lipinski definition) is 3. The van der Waals surface area contributed by atoms with Gasteiger partial charge in [0, 0.05) is 34.1 Å². The van der Waals surface area contributed by atoms with E-state index in [1.54, 1.807) is 0 Å². The van der Waals surface area contributed by atoms with Crippen LogP contribution < -0.4 is 14.8 Å². The van der Waals surface area contributed by atoms with Crippen molar-refractivity contribution in [3.63, 3.8) is 0 Å². The van der Waals surface area contributed by atoms with E-state index in [9.17, 15) is 0 Å². The summed E-state index contributed by atoms with van der Waals surface area (Å²) in [4.78, 5) is 0. The van der Waals surface area contributed by atoms with Crippen molar-refractivity contribution in [2.75, 3.05) is 0 Å². The Morgan fingerprint density at radius 2 is 1.15 bits per heavy atom. The van der Waals surface area contributed by atoms with Gasteiger partial charge in [0.1, 0.15) is 5.52 Å². The lowest BCUT2D eigenvalue weighted by atomic mass is 10.0. The largest absolute Gasteiger partial charge is 0.449 e. The number of hydrogen-bond donors (Lipinski definition) is 1. The number of rotatable bonds is 7. The molecule has 0 amide bonds. The van der Waals surface area contributed by atoms with Crippen LogP contribution in [-0.4, -0.2) is 4.57 Å². The van der Waals surface area contributed by atoms with E-state index in [-0.39, 0.29) is 0 Å². The predicted octanol–water partition coefficient (Wildman–Crippen LogP) is 11.2. The maximum Gasteiger partial charge on any atom is 0.195 e. The molecule has 4 nitrogen and oxygen atoms in total. The summed E-state index contributed by atoms with van der Waals surface area (Å²) < 4.78 is 15.6. The maximum atomic E-state index is 6.72. The molecule has 0 bridgehead atoms. The van der Waals surface area contributed by atoms with E-state index in [1.807, 2.05) is 24.3 Å². The Bertz CT molecular complexity index is 2460. The molecule has 0 fully saturated rings. The Balaban J connectivity index is 1.14. The molecule has 2 heterocycles. The Morgan fingerprint density at radius 3 is 1.90 bits per heavy atom. The number of nitrogens with one attached hydrogen (secondary N) is 1. The fourth-order valence-corrected chi connectivity index (χ4v) is 6.86. The van der Waals surface area contributed by atoms with Crippen molar-refractivity contribution in [2.45, 2.75) is 13.0 Å². The van der Waals surface area contributed by atoms with Crippen LogP contribution >= 0.6 is 0 Å². The Labute approximate surface area is 279 Å². The highest BCUT2D eigenvalue weighted by Crippen LogP contribution is 2.54. The summed E-state index contributed by atoms with van der Waals surface area (Å²) in [6.07, 6.45) is 3.09. The Kier molecular flexibility index (Phi) is 6.90. The fourth-order valence-electron chi connectivity index (χ4n) is 6.86. The van der Waals surface area contributed by atoms with Gasteiger partial charge in [-0.3, -0.25) is 0 Å². The molecule has 0 saturated heterocycles. The monoisotopic (exact) mass is 620 g/mol. The number of ether oxygens (including phenoxy) is 2. The second kappa shape index (κ2) is 11.8. The highest BCUT2D eigenvalue weighted by Gasteiger charge is 2.28. The topological polar surface area (TPSA) is 35.4 Å². The number of aromatic nitrogens is 1. The molecule has 0 unspecified atom stereocenters. The van der Waals surface area contributed by atoms with Gasteiger partial charge in [-0.25, -0.2) is 0 Å². The minimum absolute atomic E-state index is 0.718. The first kappa shape index (κ1) is 28.0. The molecule has 7 aromatic carbocycles. The summed E-state index contributed by atoms with van der Waals surface area (Å²) in [6.45, 7) is 0.767. The van der Waals surface area contributed by atoms with Crippen molar-refractivity contribution in [1.29, 1.82) is 0 Å². The van der Waals surface area contributed by atoms with Crippen LogP contribution in [0.2, 0.25) is 0 Å². The zero-order valence-corrected chi connectivity index (χ0v) is 26.3. The number of para-hydroxylation sites is 3. The van der Waals surface area contributed by atoms with Crippen LogP contribution in [0.5, 0.6) is 23.0 Å². The van der Waals surface area contributed by atoms with Gasteiger partial charge in [0.05, 0.1) is 5.52 Å². The van der Waals surface area contributed by atoms with Gasteiger partial charge >= 0.3 is 0 Å². The fraction of sp³-hybridized carbons (Fsp3) is 0.0455. The maximum absolute atomic E-state index is 6.72. The van der Waals surface area contributed by atoms with Gasteiger partial charge in [-0.05, 0) is 58.8 Å². The molecule has 0 spiro atoms. The van der Waals surface area contributed by atoms with Gasteiger partial charge in [0.25, 0.3) is 0 Å². The van der Waals surface area contributed by atoms with Gasteiger partial charge in [-0.2, -0.15) is 0 Å². The zero-order valence-electron chi connectivity index (χ0n) is 26.3. The van der Waals surface area contributed by atoms with Gasteiger partial charge in [0.2, 0.25) is 0 Å². The third-order valence-electron chi connectivity index (χ3n) is 9.16. The minimum Gasteiger partial charge on any atom is -0.449 e. The van der Waals surface area contributed by atoms with Crippen molar-refractivity contribution < 1.29 is 9.47 Å². The van der Waals surface area contributed by atoms with E-state index in [0.717, 1.165) is 74.5 Å². The average molecular weight is 621 g/mol. The third kappa shape index (κ3) is 4.86. The SMILES string of the molecule is C(/Cc1ccc(-n2c3ccccc3c3c4ccccc4c4c(c32)Oc2ccccc2O4)cc1)=C(/NCc1ccccc1)c1ccccc1. The summed E-state index contributed by atoms with van der Waals surface area (Å²) in [5.41, 5.74) is 7.98. The van der Waals surface area contributed by atoms with Crippen LogP contribution in [0.25, 0.3) is 44.0 Å². The second-order valence-electron chi connectivity index (χ2n) is 12.1. The molecule has 230 valence electrons. The van der Waals surface area contributed by atoms with E-state index >= 15 is 0 Å². The molecule has 0 saturated carbocycles. The number of allylic oxidation sites excluding steroid dienone is 1. The van der Waals surface area contributed by atoms with Gasteiger partial charge in [-0.1, -0.05) is 133 Å². The molecule has 0 radical (unpaired) electrons. The summed E-state index contributed by atoms with van der Waals surface area (Å²) >= 11 is 0. The lowest BCUT2D eigenvalue weighted by Gasteiger charge is -2.24. The number of nitrogens with zero attached hydrogens (tertiary/aromatic N) is 1. The summed E-state index contributed by atoms with van der Waals surface area (Å²) in [7, 11) is 0. The van der Waals surface area contributed by atoms with Crippen molar-refractivity contribution in [3.05, 3.63) is 180 Å². The number of fused-ring (bicyclic) bond motifs is 9. The Morgan fingerprint density at radius 1 is 0.542 bits per heavy atom.